The fourth-order valence-electron chi connectivity index (χ4n) is 1.80. The molecule has 0 aliphatic carbocycles. The Hall–Kier alpha value is -1.55. The van der Waals surface area contributed by atoms with Crippen molar-refractivity contribution >= 4 is 5.91 Å². The first-order valence-electron chi connectivity index (χ1n) is 6.84. The summed E-state index contributed by atoms with van der Waals surface area (Å²) >= 11 is 0. The molecule has 0 fully saturated rings. The van der Waals surface area contributed by atoms with Crippen molar-refractivity contribution in [2.24, 2.45) is 0 Å². The summed E-state index contributed by atoms with van der Waals surface area (Å²) in [5.74, 6) is 0.660. The van der Waals surface area contributed by atoms with Gasteiger partial charge in [-0.1, -0.05) is 26.0 Å². The molecule has 1 rings (SSSR count). The van der Waals surface area contributed by atoms with Gasteiger partial charge in [-0.2, -0.15) is 0 Å². The Morgan fingerprint density at radius 3 is 2.68 bits per heavy atom. The van der Waals surface area contributed by atoms with E-state index < -0.39 is 0 Å². The SMILES string of the molecule is CCN(CC)CCNC(=O)COc1cccc(C)c1. The third kappa shape index (κ3) is 6.25. The molecule has 0 aromatic heterocycles. The Morgan fingerprint density at radius 1 is 1.32 bits per heavy atom. The number of ether oxygens (including phenoxy) is 1. The molecule has 0 aliphatic rings. The van der Waals surface area contributed by atoms with E-state index in [0.29, 0.717) is 6.54 Å². The number of likely N-dealkylation sites (N-methyl/N-ethyl adjacent to an activating group) is 1. The standard InChI is InChI=1S/C15H24N2O2/c1-4-17(5-2)10-9-16-15(18)12-19-14-8-6-7-13(3)11-14/h6-8,11H,4-5,9-10,12H2,1-3H3,(H,16,18). The highest BCUT2D eigenvalue weighted by molar-refractivity contribution is 5.77. The number of carbonyl (C=O) groups is 1. The average Bonchev–Trinajstić information content (AvgIpc) is 2.41. The average molecular weight is 264 g/mol. The van der Waals surface area contributed by atoms with Crippen molar-refractivity contribution in [2.45, 2.75) is 20.8 Å². The zero-order chi connectivity index (χ0) is 14.1. The van der Waals surface area contributed by atoms with Crippen LogP contribution in [0, 0.1) is 6.92 Å². The predicted octanol–water partition coefficient (Wildman–Crippen LogP) is 1.83. The molecular formula is C15H24N2O2. The van der Waals surface area contributed by atoms with Gasteiger partial charge >= 0.3 is 0 Å². The van der Waals surface area contributed by atoms with Gasteiger partial charge in [0.15, 0.2) is 6.61 Å². The summed E-state index contributed by atoms with van der Waals surface area (Å²) in [6.45, 7) is 9.86. The lowest BCUT2D eigenvalue weighted by molar-refractivity contribution is -0.123. The van der Waals surface area contributed by atoms with Gasteiger partial charge in [0.2, 0.25) is 0 Å². The normalized spacial score (nSPS) is 10.5. The first-order valence-corrected chi connectivity index (χ1v) is 6.84. The quantitative estimate of drug-likeness (QED) is 0.779. The first-order chi connectivity index (χ1) is 9.15. The summed E-state index contributed by atoms with van der Waals surface area (Å²) in [5.41, 5.74) is 1.12. The van der Waals surface area contributed by atoms with Gasteiger partial charge in [0, 0.05) is 13.1 Å². The first kappa shape index (κ1) is 15.5. The maximum absolute atomic E-state index is 11.6. The van der Waals surface area contributed by atoms with Gasteiger partial charge in [-0.15, -0.1) is 0 Å². The number of benzene rings is 1. The van der Waals surface area contributed by atoms with Crippen LogP contribution in [0.15, 0.2) is 24.3 Å². The molecule has 0 spiro atoms. The topological polar surface area (TPSA) is 41.6 Å². The van der Waals surface area contributed by atoms with Gasteiger partial charge in [0.05, 0.1) is 0 Å². The Labute approximate surface area is 115 Å². The fourth-order valence-corrected chi connectivity index (χ4v) is 1.80. The summed E-state index contributed by atoms with van der Waals surface area (Å²) in [6.07, 6.45) is 0. The second kappa shape index (κ2) is 8.53. The highest BCUT2D eigenvalue weighted by Gasteiger charge is 2.04. The number of hydrogen-bond donors (Lipinski definition) is 1. The monoisotopic (exact) mass is 264 g/mol. The third-order valence-corrected chi connectivity index (χ3v) is 3.00. The molecule has 0 aliphatic heterocycles. The molecule has 1 N–H and O–H groups in total. The van der Waals surface area contributed by atoms with Crippen LogP contribution in [0.1, 0.15) is 19.4 Å². The number of hydrogen-bond acceptors (Lipinski definition) is 3. The van der Waals surface area contributed by atoms with Gasteiger partial charge < -0.3 is 15.0 Å². The predicted molar refractivity (Wildman–Crippen MR) is 77.5 cm³/mol. The van der Waals surface area contributed by atoms with E-state index in [1.807, 2.05) is 31.2 Å². The lowest BCUT2D eigenvalue weighted by Crippen LogP contribution is -2.36. The molecular weight excluding hydrogens is 240 g/mol. The molecule has 106 valence electrons. The fraction of sp³-hybridized carbons (Fsp3) is 0.533. The largest absolute Gasteiger partial charge is 0.484 e. The van der Waals surface area contributed by atoms with E-state index in [-0.39, 0.29) is 12.5 Å². The Bertz CT molecular complexity index is 389. The molecule has 1 aromatic rings. The van der Waals surface area contributed by atoms with Crippen molar-refractivity contribution in [1.82, 2.24) is 10.2 Å². The van der Waals surface area contributed by atoms with E-state index >= 15 is 0 Å². The molecule has 0 heterocycles. The van der Waals surface area contributed by atoms with Crippen LogP contribution >= 0.6 is 0 Å². The number of amides is 1. The molecule has 0 saturated heterocycles. The van der Waals surface area contributed by atoms with Crippen LogP contribution in [0.5, 0.6) is 5.75 Å². The number of aryl methyl sites for hydroxylation is 1. The summed E-state index contributed by atoms with van der Waals surface area (Å²) in [4.78, 5) is 13.9. The van der Waals surface area contributed by atoms with Gasteiger partial charge in [-0.05, 0) is 37.7 Å². The van der Waals surface area contributed by atoms with Crippen molar-refractivity contribution in [3.63, 3.8) is 0 Å². The highest BCUT2D eigenvalue weighted by atomic mass is 16.5. The second-order valence-corrected chi connectivity index (χ2v) is 4.48. The van der Waals surface area contributed by atoms with E-state index in [0.717, 1.165) is 30.9 Å². The van der Waals surface area contributed by atoms with Crippen molar-refractivity contribution in [3.05, 3.63) is 29.8 Å². The molecule has 4 nitrogen and oxygen atoms in total. The highest BCUT2D eigenvalue weighted by Crippen LogP contribution is 2.11. The van der Waals surface area contributed by atoms with E-state index in [2.05, 4.69) is 24.1 Å². The van der Waals surface area contributed by atoms with Crippen LogP contribution in [-0.4, -0.2) is 43.6 Å². The minimum Gasteiger partial charge on any atom is -0.484 e. The Morgan fingerprint density at radius 2 is 2.05 bits per heavy atom. The maximum Gasteiger partial charge on any atom is 0.257 e. The van der Waals surface area contributed by atoms with Gasteiger partial charge in [0.1, 0.15) is 5.75 Å². The summed E-state index contributed by atoms with van der Waals surface area (Å²) < 4.78 is 5.43. The molecule has 1 aromatic carbocycles. The van der Waals surface area contributed by atoms with E-state index in [1.165, 1.54) is 0 Å². The molecule has 19 heavy (non-hydrogen) atoms. The van der Waals surface area contributed by atoms with Crippen LogP contribution in [0.4, 0.5) is 0 Å². The van der Waals surface area contributed by atoms with Crippen LogP contribution in [0.2, 0.25) is 0 Å². The van der Waals surface area contributed by atoms with Gasteiger partial charge in [0.25, 0.3) is 5.91 Å². The van der Waals surface area contributed by atoms with Crippen LogP contribution in [-0.2, 0) is 4.79 Å². The molecule has 4 heteroatoms. The van der Waals surface area contributed by atoms with E-state index in [9.17, 15) is 4.79 Å². The Balaban J connectivity index is 2.21. The lowest BCUT2D eigenvalue weighted by atomic mass is 10.2. The summed E-state index contributed by atoms with van der Waals surface area (Å²) in [7, 11) is 0. The second-order valence-electron chi connectivity index (χ2n) is 4.48. The van der Waals surface area contributed by atoms with Gasteiger partial charge in [-0.25, -0.2) is 0 Å². The molecule has 0 saturated carbocycles. The third-order valence-electron chi connectivity index (χ3n) is 3.00. The van der Waals surface area contributed by atoms with Crippen molar-refractivity contribution in [1.29, 1.82) is 0 Å². The zero-order valence-corrected chi connectivity index (χ0v) is 12.1. The van der Waals surface area contributed by atoms with Crippen molar-refractivity contribution < 1.29 is 9.53 Å². The summed E-state index contributed by atoms with van der Waals surface area (Å²) in [6, 6.07) is 7.69. The summed E-state index contributed by atoms with van der Waals surface area (Å²) in [5, 5.41) is 2.86. The maximum atomic E-state index is 11.6. The minimum atomic E-state index is -0.0753. The molecule has 1 amide bonds. The smallest absolute Gasteiger partial charge is 0.257 e. The number of nitrogens with zero attached hydrogens (tertiary/aromatic N) is 1. The lowest BCUT2D eigenvalue weighted by Gasteiger charge is -2.17. The molecule has 0 bridgehead atoms. The molecule has 0 unspecified atom stereocenters. The van der Waals surface area contributed by atoms with Crippen LogP contribution in [0.25, 0.3) is 0 Å². The van der Waals surface area contributed by atoms with Crippen molar-refractivity contribution in [2.75, 3.05) is 32.8 Å². The minimum absolute atomic E-state index is 0.0711. The molecule has 0 radical (unpaired) electrons. The molecule has 0 atom stereocenters. The van der Waals surface area contributed by atoms with E-state index in [4.69, 9.17) is 4.74 Å². The Kier molecular flexibility index (Phi) is 6.97. The van der Waals surface area contributed by atoms with Crippen LogP contribution < -0.4 is 10.1 Å². The zero-order valence-electron chi connectivity index (χ0n) is 12.1. The van der Waals surface area contributed by atoms with Crippen molar-refractivity contribution in [3.8, 4) is 5.75 Å². The van der Waals surface area contributed by atoms with Gasteiger partial charge in [-0.3, -0.25) is 4.79 Å². The van der Waals surface area contributed by atoms with E-state index in [1.54, 1.807) is 0 Å². The van der Waals surface area contributed by atoms with Crippen LogP contribution in [0.3, 0.4) is 0 Å². The number of nitrogens with one attached hydrogen (secondary N) is 1. The number of rotatable bonds is 8. The number of carbonyl (C=O) groups excluding carboxylic acids is 1.